The Morgan fingerprint density at radius 1 is 0.333 bits per heavy atom. The van der Waals surface area contributed by atoms with E-state index in [-0.39, 0.29) is 0 Å². The molecule has 7 aromatic carbocycles. The van der Waals surface area contributed by atoms with Crippen LogP contribution in [-0.2, 0) is 0 Å². The average Bonchev–Trinajstić information content (AvgIpc) is 3.48. The summed E-state index contributed by atoms with van der Waals surface area (Å²) in [5, 5.41) is 2.46. The number of para-hydroxylation sites is 6. The topological polar surface area (TPSA) is 45.1 Å². The zero-order valence-corrected chi connectivity index (χ0v) is 25.5. The Morgan fingerprint density at radius 2 is 0.708 bits per heavy atom. The van der Waals surface area contributed by atoms with Crippen LogP contribution >= 0.6 is 0 Å². The summed E-state index contributed by atoms with van der Waals surface area (Å²) >= 11 is 0. The number of anilines is 3. The van der Waals surface area contributed by atoms with E-state index in [0.29, 0.717) is 46.0 Å². The van der Waals surface area contributed by atoms with Gasteiger partial charge >= 0.3 is 0 Å². The fraction of sp³-hybridized carbons (Fsp3) is 0. The molecule has 0 unspecified atom stereocenters. The van der Waals surface area contributed by atoms with Crippen molar-refractivity contribution in [1.82, 2.24) is 4.57 Å². The highest BCUT2D eigenvalue weighted by Crippen LogP contribution is 2.50. The first-order chi connectivity index (χ1) is 23.8. The molecular weight excluding hydrogens is 596 g/mol. The fourth-order valence-corrected chi connectivity index (χ4v) is 6.71. The fourth-order valence-electron chi connectivity index (χ4n) is 6.71. The summed E-state index contributed by atoms with van der Waals surface area (Å²) in [5.41, 5.74) is 6.18. The lowest BCUT2D eigenvalue weighted by Gasteiger charge is -2.29. The number of benzene rings is 7. The van der Waals surface area contributed by atoms with Crippen LogP contribution in [0.2, 0.25) is 0 Å². The smallest absolute Gasteiger partial charge is 0.172 e. The molecule has 0 atom stereocenters. The van der Waals surface area contributed by atoms with Gasteiger partial charge in [-0.1, -0.05) is 60.7 Å². The van der Waals surface area contributed by atoms with Crippen LogP contribution in [0.3, 0.4) is 0 Å². The predicted molar refractivity (Wildman–Crippen MR) is 189 cm³/mol. The van der Waals surface area contributed by atoms with Gasteiger partial charge in [-0.2, -0.15) is 0 Å². The molecule has 0 fully saturated rings. The van der Waals surface area contributed by atoms with Crippen molar-refractivity contribution in [2.24, 2.45) is 0 Å². The van der Waals surface area contributed by atoms with Crippen LogP contribution in [0.15, 0.2) is 158 Å². The quantitative estimate of drug-likeness (QED) is 0.195. The van der Waals surface area contributed by atoms with E-state index in [4.69, 9.17) is 18.9 Å². The maximum atomic E-state index is 6.32. The molecule has 0 aliphatic carbocycles. The van der Waals surface area contributed by atoms with E-state index >= 15 is 0 Å². The molecule has 0 saturated carbocycles. The molecule has 6 nitrogen and oxygen atoms in total. The molecule has 10 rings (SSSR count). The summed E-state index contributed by atoms with van der Waals surface area (Å²) in [6.45, 7) is 0. The number of nitrogens with zero attached hydrogens (tertiary/aromatic N) is 2. The second-order valence-corrected chi connectivity index (χ2v) is 11.8. The van der Waals surface area contributed by atoms with E-state index in [1.807, 2.05) is 84.9 Å². The standard InChI is InChI=1S/C42H26N2O4/c1-3-11-33-31(9-1)32-10-2-4-12-34(32)44(33)28-19-17-27(18-20-28)43(29-21-23-39-41(25-29)47-37-15-7-5-13-35(37)45-39)30-22-24-40-42(26-30)48-38-16-8-6-14-36(38)46-40/h1-26H. The Labute approximate surface area is 276 Å². The summed E-state index contributed by atoms with van der Waals surface area (Å²) in [4.78, 5) is 2.18. The Balaban J connectivity index is 1.10. The molecule has 0 N–H and O–H groups in total. The van der Waals surface area contributed by atoms with E-state index in [9.17, 15) is 0 Å². The highest BCUT2D eigenvalue weighted by Gasteiger charge is 2.24. The molecule has 0 radical (unpaired) electrons. The van der Waals surface area contributed by atoms with Gasteiger partial charge in [0, 0.05) is 34.3 Å². The van der Waals surface area contributed by atoms with Gasteiger partial charge in [0.05, 0.1) is 22.4 Å². The second kappa shape index (κ2) is 10.4. The van der Waals surface area contributed by atoms with Gasteiger partial charge in [0.15, 0.2) is 46.0 Å². The molecule has 0 saturated heterocycles. The third kappa shape index (κ3) is 4.20. The van der Waals surface area contributed by atoms with E-state index in [1.54, 1.807) is 0 Å². The highest BCUT2D eigenvalue weighted by molar-refractivity contribution is 6.09. The Bertz CT molecular complexity index is 2380. The summed E-state index contributed by atoms with van der Waals surface area (Å²) in [6, 6.07) is 53.1. The minimum Gasteiger partial charge on any atom is -0.450 e. The summed E-state index contributed by atoms with van der Waals surface area (Å²) in [6.07, 6.45) is 0. The molecule has 1 aromatic heterocycles. The van der Waals surface area contributed by atoms with Gasteiger partial charge in [0.25, 0.3) is 0 Å². The van der Waals surface area contributed by atoms with Crippen molar-refractivity contribution in [3.05, 3.63) is 158 Å². The lowest BCUT2D eigenvalue weighted by molar-refractivity contribution is 0.359. The molecule has 8 aromatic rings. The molecule has 48 heavy (non-hydrogen) atoms. The molecular formula is C42H26N2O4. The normalized spacial score (nSPS) is 12.4. The molecule has 6 heteroatoms. The molecule has 2 aliphatic rings. The van der Waals surface area contributed by atoms with Crippen LogP contribution < -0.4 is 23.8 Å². The lowest BCUT2D eigenvalue weighted by Crippen LogP contribution is -2.11. The van der Waals surface area contributed by atoms with Crippen molar-refractivity contribution < 1.29 is 18.9 Å². The SMILES string of the molecule is c1ccc2c(c1)Oc1ccc(N(c3ccc(-n4c5ccccc5c5ccccc54)cc3)c3ccc4c(c3)Oc3ccccc3O4)cc1O2. The van der Waals surface area contributed by atoms with Crippen molar-refractivity contribution in [3.63, 3.8) is 0 Å². The number of ether oxygens (including phenoxy) is 4. The highest BCUT2D eigenvalue weighted by atomic mass is 16.6. The van der Waals surface area contributed by atoms with E-state index in [0.717, 1.165) is 22.7 Å². The zero-order chi connectivity index (χ0) is 31.6. The molecule has 3 heterocycles. The molecule has 0 bridgehead atoms. The number of hydrogen-bond donors (Lipinski definition) is 0. The van der Waals surface area contributed by atoms with Crippen molar-refractivity contribution in [1.29, 1.82) is 0 Å². The zero-order valence-electron chi connectivity index (χ0n) is 25.5. The minimum absolute atomic E-state index is 0.643. The van der Waals surface area contributed by atoms with Crippen molar-refractivity contribution in [2.45, 2.75) is 0 Å². The van der Waals surface area contributed by atoms with Crippen molar-refractivity contribution >= 4 is 38.9 Å². The van der Waals surface area contributed by atoms with Gasteiger partial charge in [0.2, 0.25) is 0 Å². The Hall–Kier alpha value is -6.66. The maximum Gasteiger partial charge on any atom is 0.172 e. The van der Waals surface area contributed by atoms with Crippen LogP contribution in [0.25, 0.3) is 27.5 Å². The lowest BCUT2D eigenvalue weighted by atomic mass is 10.1. The number of rotatable bonds is 4. The molecule has 0 spiro atoms. The third-order valence-corrected chi connectivity index (χ3v) is 8.90. The Morgan fingerprint density at radius 3 is 1.19 bits per heavy atom. The van der Waals surface area contributed by atoms with Gasteiger partial charge in [-0.25, -0.2) is 0 Å². The van der Waals surface area contributed by atoms with Gasteiger partial charge in [-0.15, -0.1) is 0 Å². The first-order valence-electron chi connectivity index (χ1n) is 15.8. The van der Waals surface area contributed by atoms with Crippen LogP contribution in [0, 0.1) is 0 Å². The van der Waals surface area contributed by atoms with Crippen LogP contribution in [0.4, 0.5) is 17.1 Å². The summed E-state index contributed by atoms with van der Waals surface area (Å²) in [5.74, 6) is 5.37. The molecule has 228 valence electrons. The van der Waals surface area contributed by atoms with E-state index < -0.39 is 0 Å². The summed E-state index contributed by atoms with van der Waals surface area (Å²) in [7, 11) is 0. The third-order valence-electron chi connectivity index (χ3n) is 8.90. The minimum atomic E-state index is 0.643. The first-order valence-corrected chi connectivity index (χ1v) is 15.8. The maximum absolute atomic E-state index is 6.32. The van der Waals surface area contributed by atoms with E-state index in [2.05, 4.69) is 82.3 Å². The van der Waals surface area contributed by atoms with Gasteiger partial charge in [-0.05, 0) is 84.9 Å². The predicted octanol–water partition coefficient (Wildman–Crippen LogP) is 12.0. The first kappa shape index (κ1) is 26.5. The Kier molecular flexibility index (Phi) is 5.77. The van der Waals surface area contributed by atoms with Crippen LogP contribution in [0.1, 0.15) is 0 Å². The monoisotopic (exact) mass is 622 g/mol. The second-order valence-electron chi connectivity index (χ2n) is 11.8. The number of aromatic nitrogens is 1. The number of hydrogen-bond acceptors (Lipinski definition) is 5. The average molecular weight is 623 g/mol. The van der Waals surface area contributed by atoms with Crippen LogP contribution in [-0.4, -0.2) is 4.57 Å². The largest absolute Gasteiger partial charge is 0.450 e. The molecule has 0 amide bonds. The summed E-state index contributed by atoms with van der Waals surface area (Å²) < 4.78 is 27.3. The van der Waals surface area contributed by atoms with E-state index in [1.165, 1.54) is 21.8 Å². The van der Waals surface area contributed by atoms with Crippen LogP contribution in [0.5, 0.6) is 46.0 Å². The molecule has 2 aliphatic heterocycles. The van der Waals surface area contributed by atoms with Gasteiger partial charge in [-0.3, -0.25) is 0 Å². The van der Waals surface area contributed by atoms with Gasteiger partial charge in [0.1, 0.15) is 0 Å². The van der Waals surface area contributed by atoms with Gasteiger partial charge < -0.3 is 28.4 Å². The van der Waals surface area contributed by atoms with Crippen molar-refractivity contribution in [2.75, 3.05) is 4.90 Å². The number of fused-ring (bicyclic) bond motifs is 7. The van der Waals surface area contributed by atoms with Crippen molar-refractivity contribution in [3.8, 4) is 51.7 Å².